The van der Waals surface area contributed by atoms with Crippen LogP contribution in [0.15, 0.2) is 0 Å². The number of ether oxygens (including phenoxy) is 9. The summed E-state index contributed by atoms with van der Waals surface area (Å²) in [6.45, 7) is 41.7. The molecule has 0 aromatic rings. The number of β-amino-alcohol motifs (C(OH)–C–C–N with tert-alkyl or cyclic N) is 2. The summed E-state index contributed by atoms with van der Waals surface area (Å²) in [5.41, 5.74) is -4.27. The monoisotopic (exact) mass is 1330 g/mol. The minimum Gasteiger partial charge on any atom is -0.459 e. The fourth-order valence-corrected chi connectivity index (χ4v) is 10.2. The Balaban J connectivity index is 2.57. The van der Waals surface area contributed by atoms with Crippen LogP contribution in [0, 0.1) is 0 Å². The van der Waals surface area contributed by atoms with Gasteiger partial charge in [-0.1, -0.05) is 0 Å². The van der Waals surface area contributed by atoms with Gasteiger partial charge in [-0.2, -0.15) is 0 Å². The third-order valence-corrected chi connectivity index (χ3v) is 13.9. The molecule has 0 radical (unpaired) electrons. The van der Waals surface area contributed by atoms with Crippen molar-refractivity contribution in [2.24, 2.45) is 0 Å². The van der Waals surface area contributed by atoms with E-state index < -0.39 is 69.7 Å². The summed E-state index contributed by atoms with van der Waals surface area (Å²) in [5.74, 6) is -2.37. The summed E-state index contributed by atoms with van der Waals surface area (Å²) in [5, 5.41) is 33.6. The average molecular weight is 1330 g/mol. The number of aliphatic hydroxyl groups excluding tert-OH is 3. The van der Waals surface area contributed by atoms with Gasteiger partial charge in [-0.25, -0.2) is 0 Å². The predicted molar refractivity (Wildman–Crippen MR) is 355 cm³/mol. The zero-order chi connectivity index (χ0) is 70.2. The van der Waals surface area contributed by atoms with Crippen LogP contribution in [0.5, 0.6) is 0 Å². The van der Waals surface area contributed by atoms with E-state index in [0.717, 1.165) is 0 Å². The van der Waals surface area contributed by atoms with Crippen LogP contribution in [0.2, 0.25) is 0 Å². The Morgan fingerprint density at radius 3 is 0.688 bits per heavy atom. The lowest BCUT2D eigenvalue weighted by Crippen LogP contribution is -2.52. The first kappa shape index (κ1) is 85.3. The molecule has 2 heterocycles. The van der Waals surface area contributed by atoms with Gasteiger partial charge in [0.1, 0.15) is 33.6 Å². The summed E-state index contributed by atoms with van der Waals surface area (Å²) in [7, 11) is 0. The number of aliphatic hydroxyl groups is 3. The lowest BCUT2D eigenvalue weighted by atomic mass is 10.2. The number of carbonyl (C=O) groups excluding carboxylic acids is 6. The third kappa shape index (κ3) is 46.9. The Labute approximate surface area is 558 Å². The molecule has 27 heteroatoms. The molecule has 0 amide bonds. The topological polar surface area (TPSA) is 275 Å². The number of esters is 6. The quantitative estimate of drug-likeness (QED) is 0.0505. The van der Waals surface area contributed by atoms with E-state index in [4.69, 9.17) is 47.7 Å². The lowest BCUT2D eigenvalue weighted by Gasteiger charge is -2.36. The Bertz CT molecular complexity index is 1930. The zero-order valence-electron chi connectivity index (χ0n) is 60.7. The van der Waals surface area contributed by atoms with E-state index in [-0.39, 0.29) is 104 Å². The van der Waals surface area contributed by atoms with Crippen molar-refractivity contribution in [3.8, 4) is 0 Å². The molecule has 3 N–H and O–H groups in total. The van der Waals surface area contributed by atoms with Gasteiger partial charge in [0.05, 0.1) is 97.7 Å². The van der Waals surface area contributed by atoms with E-state index in [0.29, 0.717) is 131 Å². The zero-order valence-corrected chi connectivity index (χ0v) is 60.7. The number of hydrogen-bond acceptors (Lipinski definition) is 27. The van der Waals surface area contributed by atoms with Crippen LogP contribution in [-0.2, 0) is 71.4 Å². The van der Waals surface area contributed by atoms with Crippen molar-refractivity contribution in [3.05, 3.63) is 0 Å². The summed E-state index contributed by atoms with van der Waals surface area (Å²) in [6.07, 6.45) is -1.93. The molecular weight excluding hydrogens is 1210 g/mol. The molecule has 0 aromatic carbocycles. The maximum Gasteiger partial charge on any atom is 0.320 e. The van der Waals surface area contributed by atoms with E-state index in [1.807, 2.05) is 159 Å². The maximum atomic E-state index is 13.4. The number of nitrogens with zero attached hydrogens (tertiary/aromatic N) is 9. The molecule has 0 saturated carbocycles. The van der Waals surface area contributed by atoms with Gasteiger partial charge in [-0.15, -0.1) is 0 Å². The maximum absolute atomic E-state index is 13.4. The van der Waals surface area contributed by atoms with Gasteiger partial charge in [0, 0.05) is 137 Å². The van der Waals surface area contributed by atoms with Crippen molar-refractivity contribution in [3.63, 3.8) is 0 Å². The van der Waals surface area contributed by atoms with Gasteiger partial charge < -0.3 is 58.0 Å². The average Bonchev–Trinajstić information content (AvgIpc) is 1.13. The predicted octanol–water partition coefficient (Wildman–Crippen LogP) is 1.55. The van der Waals surface area contributed by atoms with Crippen LogP contribution in [0.25, 0.3) is 0 Å². The van der Waals surface area contributed by atoms with E-state index in [9.17, 15) is 39.0 Å². The first-order valence-electron chi connectivity index (χ1n) is 33.5. The molecule has 93 heavy (non-hydrogen) atoms. The normalized spacial score (nSPS) is 18.5. The Morgan fingerprint density at radius 2 is 0.495 bits per heavy atom. The standard InChI is InChI=1S/C66H127N9O18/c1-61(2,3)88-55(79)47-69-23-19-67(20-24-70(48-56(80)89-62(4,5)6)28-32-73(31-27-69)51-59(83)92-65(13,14)15)43-53(77)45-75(35-37-85-39-41-87-42-40-86-38-36-76)46-54(78)44-68-21-25-71(49-57(81)90-63(7,8)9)29-33-74(52-60(84)93-66(16,17)18)34-30-72(26-22-68)50-58(82)91-64(10,11)12/h53-54,76-78H,19-52H2,1-18H3. The van der Waals surface area contributed by atoms with Crippen LogP contribution < -0.4 is 0 Å². The van der Waals surface area contributed by atoms with Crippen molar-refractivity contribution >= 4 is 35.8 Å². The lowest BCUT2D eigenvalue weighted by molar-refractivity contribution is -0.158. The SMILES string of the molecule is CC(C)(C)OC(=O)CN1CCN(CC(=O)OC(C)(C)C)CCN(CC(O)CN(CCOCCOCCOCCO)CC(O)CN2CCN(CC(=O)OC(C)(C)C)CCN(CC(=O)OC(C)(C)C)CCN(CC(=O)OC(C)(C)C)CC2)CCN(CC(=O)OC(C)(C)C)CC1. The largest absolute Gasteiger partial charge is 0.459 e. The molecule has 0 aromatic heterocycles. The Kier molecular flexibility index (Phi) is 38.6. The van der Waals surface area contributed by atoms with Crippen molar-refractivity contribution in [2.75, 3.05) is 223 Å². The molecule has 2 saturated heterocycles. The molecule has 2 fully saturated rings. The Morgan fingerprint density at radius 1 is 0.312 bits per heavy atom. The van der Waals surface area contributed by atoms with Crippen LogP contribution in [0.1, 0.15) is 125 Å². The second kappa shape index (κ2) is 42.1. The highest BCUT2D eigenvalue weighted by Gasteiger charge is 2.30. The second-order valence-corrected chi connectivity index (χ2v) is 30.4. The first-order chi connectivity index (χ1) is 43.0. The van der Waals surface area contributed by atoms with Gasteiger partial charge in [-0.05, 0) is 125 Å². The molecule has 0 aliphatic carbocycles. The molecule has 2 aliphatic heterocycles. The highest BCUT2D eigenvalue weighted by molar-refractivity contribution is 5.74. The molecule has 544 valence electrons. The van der Waals surface area contributed by atoms with Gasteiger partial charge in [-0.3, -0.25) is 72.9 Å². The highest BCUT2D eigenvalue weighted by Crippen LogP contribution is 2.16. The van der Waals surface area contributed by atoms with Gasteiger partial charge >= 0.3 is 35.8 Å². The summed E-state index contributed by atoms with van der Waals surface area (Å²) >= 11 is 0. The minimum atomic E-state index is -0.963. The molecular formula is C66H127N9O18. The van der Waals surface area contributed by atoms with E-state index >= 15 is 0 Å². The fraction of sp³-hybridized carbons (Fsp3) is 0.909. The Hall–Kier alpha value is -3.78. The van der Waals surface area contributed by atoms with Crippen LogP contribution in [0.4, 0.5) is 0 Å². The third-order valence-electron chi connectivity index (χ3n) is 13.9. The first-order valence-corrected chi connectivity index (χ1v) is 33.5. The van der Waals surface area contributed by atoms with Crippen molar-refractivity contribution < 1.29 is 86.7 Å². The van der Waals surface area contributed by atoms with E-state index in [1.54, 1.807) is 0 Å². The molecule has 2 aliphatic rings. The fourth-order valence-electron chi connectivity index (χ4n) is 10.2. The van der Waals surface area contributed by atoms with Gasteiger partial charge in [0.2, 0.25) is 0 Å². The second-order valence-electron chi connectivity index (χ2n) is 30.4. The van der Waals surface area contributed by atoms with Gasteiger partial charge in [0.15, 0.2) is 0 Å². The van der Waals surface area contributed by atoms with E-state index in [2.05, 4.69) is 9.80 Å². The number of carbonyl (C=O) groups is 6. The van der Waals surface area contributed by atoms with Crippen LogP contribution in [0.3, 0.4) is 0 Å². The molecule has 2 unspecified atom stereocenters. The molecule has 27 nitrogen and oxygen atoms in total. The molecule has 2 atom stereocenters. The van der Waals surface area contributed by atoms with E-state index in [1.165, 1.54) is 0 Å². The minimum absolute atomic E-state index is 0.00151. The summed E-state index contributed by atoms with van der Waals surface area (Å²) in [4.78, 5) is 98.4. The van der Waals surface area contributed by atoms with Crippen molar-refractivity contribution in [1.82, 2.24) is 44.1 Å². The number of rotatable bonds is 31. The molecule has 2 rings (SSSR count). The van der Waals surface area contributed by atoms with Gasteiger partial charge in [0.25, 0.3) is 0 Å². The summed E-state index contributed by atoms with van der Waals surface area (Å²) in [6, 6.07) is 0. The smallest absolute Gasteiger partial charge is 0.320 e. The highest BCUT2D eigenvalue weighted by atomic mass is 16.6. The molecule has 0 spiro atoms. The molecule has 0 bridgehead atoms. The van der Waals surface area contributed by atoms with Crippen molar-refractivity contribution in [1.29, 1.82) is 0 Å². The summed E-state index contributed by atoms with van der Waals surface area (Å²) < 4.78 is 51.6. The van der Waals surface area contributed by atoms with Crippen LogP contribution >= 0.6 is 0 Å². The van der Waals surface area contributed by atoms with Crippen LogP contribution in [-0.4, -0.2) is 364 Å². The van der Waals surface area contributed by atoms with Crippen molar-refractivity contribution in [2.45, 2.75) is 170 Å². The number of hydrogen-bond donors (Lipinski definition) is 3.